The minimum Gasteiger partial charge on any atom is -0.450 e. The summed E-state index contributed by atoms with van der Waals surface area (Å²) >= 11 is 6.28. The van der Waals surface area contributed by atoms with E-state index in [9.17, 15) is 4.79 Å². The van der Waals surface area contributed by atoms with Crippen LogP contribution < -0.4 is 0 Å². The smallest absolute Gasteiger partial charge is 0.410 e. The van der Waals surface area contributed by atoms with E-state index >= 15 is 0 Å². The van der Waals surface area contributed by atoms with Crippen molar-refractivity contribution in [1.29, 1.82) is 0 Å². The zero-order valence-corrected chi connectivity index (χ0v) is 13.3. The minimum atomic E-state index is -0.259. The molecule has 0 bridgehead atoms. The number of pyridine rings is 1. The summed E-state index contributed by atoms with van der Waals surface area (Å²) in [6.07, 6.45) is 0.462. The molecule has 0 aromatic carbocycles. The van der Waals surface area contributed by atoms with Gasteiger partial charge < -0.3 is 9.64 Å². The van der Waals surface area contributed by atoms with Crippen molar-refractivity contribution < 1.29 is 9.53 Å². The summed E-state index contributed by atoms with van der Waals surface area (Å²) in [4.78, 5) is 18.0. The van der Waals surface area contributed by atoms with Crippen LogP contribution in [0.25, 0.3) is 0 Å². The number of ether oxygens (including phenoxy) is 1. The average molecular weight is 297 g/mol. The topological polar surface area (TPSA) is 42.4 Å². The van der Waals surface area contributed by atoms with E-state index in [1.165, 1.54) is 0 Å². The molecular weight excluding hydrogens is 276 g/mol. The molecule has 20 heavy (non-hydrogen) atoms. The number of aromatic nitrogens is 1. The Kier molecular flexibility index (Phi) is 4.23. The van der Waals surface area contributed by atoms with Gasteiger partial charge in [0, 0.05) is 18.7 Å². The number of carbonyl (C=O) groups excluding carboxylic acids is 1. The van der Waals surface area contributed by atoms with Crippen molar-refractivity contribution in [2.24, 2.45) is 0 Å². The molecule has 0 fully saturated rings. The Labute approximate surface area is 125 Å². The van der Waals surface area contributed by atoms with Gasteiger partial charge in [-0.05, 0) is 29.5 Å². The molecule has 110 valence electrons. The molecule has 0 N–H and O–H groups in total. The van der Waals surface area contributed by atoms with Crippen molar-refractivity contribution in [3.8, 4) is 0 Å². The fraction of sp³-hybridized carbons (Fsp3) is 0.600. The van der Waals surface area contributed by atoms with E-state index in [1.807, 2.05) is 6.92 Å². The van der Waals surface area contributed by atoms with Crippen LogP contribution in [0, 0.1) is 0 Å². The molecule has 0 spiro atoms. The number of hydrogen-bond donors (Lipinski definition) is 0. The lowest BCUT2D eigenvalue weighted by molar-refractivity contribution is 0.102. The summed E-state index contributed by atoms with van der Waals surface area (Å²) in [5.74, 6) is 0. The van der Waals surface area contributed by atoms with E-state index in [4.69, 9.17) is 16.3 Å². The highest BCUT2D eigenvalue weighted by Crippen LogP contribution is 2.31. The maximum atomic E-state index is 11.8. The molecule has 5 heteroatoms. The normalized spacial score (nSPS) is 14.9. The summed E-state index contributed by atoms with van der Waals surface area (Å²) < 4.78 is 5.06. The third-order valence-electron chi connectivity index (χ3n) is 3.46. The Bertz CT molecular complexity index is 523. The summed E-state index contributed by atoms with van der Waals surface area (Å²) in [7, 11) is 0. The first kappa shape index (κ1) is 15.1. The van der Waals surface area contributed by atoms with Crippen LogP contribution in [0.5, 0.6) is 0 Å². The van der Waals surface area contributed by atoms with Gasteiger partial charge in [-0.3, -0.25) is 0 Å². The Hall–Kier alpha value is -1.29. The van der Waals surface area contributed by atoms with Gasteiger partial charge in [0.1, 0.15) is 5.15 Å². The molecule has 0 aliphatic carbocycles. The van der Waals surface area contributed by atoms with Gasteiger partial charge in [0.2, 0.25) is 0 Å². The van der Waals surface area contributed by atoms with Crippen LogP contribution in [0.15, 0.2) is 6.07 Å². The Morgan fingerprint density at radius 1 is 1.50 bits per heavy atom. The fourth-order valence-corrected chi connectivity index (χ4v) is 2.78. The van der Waals surface area contributed by atoms with Crippen molar-refractivity contribution in [2.75, 3.05) is 13.2 Å². The molecule has 0 atom stereocenters. The standard InChI is InChI=1S/C15H21ClN2O2/c1-5-20-14(19)18-7-6-12-10(9-18)8-11(13(16)17-12)15(2,3)4/h8H,5-7,9H2,1-4H3. The van der Waals surface area contributed by atoms with E-state index in [0.717, 1.165) is 23.2 Å². The first-order chi connectivity index (χ1) is 9.32. The molecule has 1 aromatic rings. The third kappa shape index (κ3) is 3.06. The molecule has 0 unspecified atom stereocenters. The van der Waals surface area contributed by atoms with Crippen LogP contribution in [0.3, 0.4) is 0 Å². The molecule has 0 saturated heterocycles. The number of nitrogens with zero attached hydrogens (tertiary/aromatic N) is 2. The maximum Gasteiger partial charge on any atom is 0.410 e. The van der Waals surface area contributed by atoms with E-state index in [1.54, 1.807) is 4.90 Å². The lowest BCUT2D eigenvalue weighted by atomic mass is 9.86. The Morgan fingerprint density at radius 2 is 2.20 bits per heavy atom. The molecule has 1 aliphatic rings. The van der Waals surface area contributed by atoms with Crippen LogP contribution in [0.1, 0.15) is 44.5 Å². The second-order valence-electron chi connectivity index (χ2n) is 6.05. The summed E-state index contributed by atoms with van der Waals surface area (Å²) in [5, 5.41) is 0.570. The number of carbonyl (C=O) groups is 1. The van der Waals surface area contributed by atoms with E-state index in [2.05, 4.69) is 31.8 Å². The van der Waals surface area contributed by atoms with Crippen molar-refractivity contribution in [2.45, 2.75) is 46.1 Å². The monoisotopic (exact) mass is 296 g/mol. The molecule has 2 heterocycles. The maximum absolute atomic E-state index is 11.8. The predicted octanol–water partition coefficient (Wildman–Crippen LogP) is 3.55. The van der Waals surface area contributed by atoms with E-state index < -0.39 is 0 Å². The van der Waals surface area contributed by atoms with Gasteiger partial charge in [0.25, 0.3) is 0 Å². The minimum absolute atomic E-state index is 0.0642. The highest BCUT2D eigenvalue weighted by atomic mass is 35.5. The van der Waals surface area contributed by atoms with Crippen molar-refractivity contribution in [3.63, 3.8) is 0 Å². The van der Waals surface area contributed by atoms with Gasteiger partial charge in [-0.1, -0.05) is 32.4 Å². The molecule has 1 aromatic heterocycles. The van der Waals surface area contributed by atoms with Crippen LogP contribution in [-0.2, 0) is 23.1 Å². The lowest BCUT2D eigenvalue weighted by Gasteiger charge is -2.29. The van der Waals surface area contributed by atoms with Crippen molar-refractivity contribution in [3.05, 3.63) is 28.0 Å². The molecule has 1 aliphatic heterocycles. The summed E-state index contributed by atoms with van der Waals surface area (Å²) in [6.45, 7) is 9.70. The number of fused-ring (bicyclic) bond motifs is 1. The lowest BCUT2D eigenvalue weighted by Crippen LogP contribution is -2.37. The highest BCUT2D eigenvalue weighted by Gasteiger charge is 2.26. The van der Waals surface area contributed by atoms with Crippen molar-refractivity contribution >= 4 is 17.7 Å². The first-order valence-corrected chi connectivity index (χ1v) is 7.31. The number of amides is 1. The van der Waals surface area contributed by atoms with Crippen LogP contribution >= 0.6 is 11.6 Å². The van der Waals surface area contributed by atoms with Gasteiger partial charge in [-0.25, -0.2) is 9.78 Å². The van der Waals surface area contributed by atoms with Crippen LogP contribution in [0.2, 0.25) is 5.15 Å². The molecular formula is C15H21ClN2O2. The summed E-state index contributed by atoms with van der Waals surface area (Å²) in [6, 6.07) is 2.08. The average Bonchev–Trinajstić information content (AvgIpc) is 2.36. The SMILES string of the molecule is CCOC(=O)N1CCc2nc(Cl)c(C(C)(C)C)cc2C1. The van der Waals surface area contributed by atoms with Gasteiger partial charge in [-0.2, -0.15) is 0 Å². The van der Waals surface area contributed by atoms with Crippen molar-refractivity contribution in [1.82, 2.24) is 9.88 Å². The molecule has 2 rings (SSSR count). The van der Waals surface area contributed by atoms with Gasteiger partial charge in [0.15, 0.2) is 0 Å². The largest absolute Gasteiger partial charge is 0.450 e. The zero-order valence-electron chi connectivity index (χ0n) is 12.5. The van der Waals surface area contributed by atoms with Gasteiger partial charge in [-0.15, -0.1) is 0 Å². The number of halogens is 1. The number of rotatable bonds is 1. The molecule has 0 saturated carbocycles. The quantitative estimate of drug-likeness (QED) is 0.744. The van der Waals surface area contributed by atoms with E-state index in [-0.39, 0.29) is 11.5 Å². The fourth-order valence-electron chi connectivity index (χ4n) is 2.34. The van der Waals surface area contributed by atoms with Crippen LogP contribution in [-0.4, -0.2) is 29.1 Å². The second-order valence-corrected chi connectivity index (χ2v) is 6.41. The first-order valence-electron chi connectivity index (χ1n) is 6.93. The summed E-state index contributed by atoms with van der Waals surface area (Å²) in [5.41, 5.74) is 3.01. The van der Waals surface area contributed by atoms with Gasteiger partial charge >= 0.3 is 6.09 Å². The highest BCUT2D eigenvalue weighted by molar-refractivity contribution is 6.30. The molecule has 4 nitrogen and oxygen atoms in total. The second kappa shape index (κ2) is 5.60. The predicted molar refractivity (Wildman–Crippen MR) is 79.1 cm³/mol. The van der Waals surface area contributed by atoms with E-state index in [0.29, 0.717) is 24.8 Å². The molecule has 0 radical (unpaired) electrons. The van der Waals surface area contributed by atoms with Gasteiger partial charge in [0.05, 0.1) is 13.2 Å². The number of hydrogen-bond acceptors (Lipinski definition) is 3. The zero-order chi connectivity index (χ0) is 14.9. The Balaban J connectivity index is 2.29. The van der Waals surface area contributed by atoms with Crippen LogP contribution in [0.4, 0.5) is 4.79 Å². The third-order valence-corrected chi connectivity index (χ3v) is 3.75. The molecule has 1 amide bonds. The Morgan fingerprint density at radius 3 is 2.80 bits per heavy atom.